The highest BCUT2D eigenvalue weighted by atomic mass is 32.2. The van der Waals surface area contributed by atoms with Crippen molar-refractivity contribution in [3.8, 4) is 0 Å². The molecule has 0 spiro atoms. The lowest BCUT2D eigenvalue weighted by Gasteiger charge is -2.09. The van der Waals surface area contributed by atoms with Crippen molar-refractivity contribution in [3.05, 3.63) is 51.4 Å². The first-order chi connectivity index (χ1) is 10.3. The van der Waals surface area contributed by atoms with Gasteiger partial charge in [0.1, 0.15) is 5.56 Å². The Balaban J connectivity index is 2.57. The van der Waals surface area contributed by atoms with Crippen molar-refractivity contribution < 1.29 is 13.2 Å². The van der Waals surface area contributed by atoms with Crippen molar-refractivity contribution in [2.24, 2.45) is 7.05 Å². The molecular formula is C14H16N2O4S2. The van der Waals surface area contributed by atoms with Crippen LogP contribution < -0.4 is 5.56 Å². The normalized spacial score (nSPS) is 11.6. The maximum Gasteiger partial charge on any atom is 0.277 e. The fourth-order valence-corrected chi connectivity index (χ4v) is 3.29. The zero-order valence-electron chi connectivity index (χ0n) is 12.4. The van der Waals surface area contributed by atoms with E-state index in [1.807, 2.05) is 6.26 Å². The molecule has 0 aliphatic carbocycles. The molecule has 118 valence electrons. The van der Waals surface area contributed by atoms with Crippen LogP contribution in [0.5, 0.6) is 0 Å². The van der Waals surface area contributed by atoms with Crippen LogP contribution in [0.4, 0.5) is 0 Å². The number of aryl methyl sites for hydroxylation is 1. The van der Waals surface area contributed by atoms with Crippen molar-refractivity contribution in [2.75, 3.05) is 12.5 Å². The number of rotatable bonds is 5. The SMILES string of the molecule is CSCc1cc(S(C)(=O)=O)ccc1C(=O)c1c[nH]n(C)c1=O. The number of thioether (sulfide) groups is 1. The van der Waals surface area contributed by atoms with Crippen LogP contribution in [-0.4, -0.2) is 36.5 Å². The molecule has 1 N–H and O–H groups in total. The number of nitrogens with zero attached hydrogens (tertiary/aromatic N) is 1. The summed E-state index contributed by atoms with van der Waals surface area (Å²) in [7, 11) is -1.82. The van der Waals surface area contributed by atoms with E-state index in [1.54, 1.807) is 0 Å². The van der Waals surface area contributed by atoms with Gasteiger partial charge in [-0.05, 0) is 30.0 Å². The minimum absolute atomic E-state index is 0.0389. The Morgan fingerprint density at radius 1 is 1.32 bits per heavy atom. The van der Waals surface area contributed by atoms with Crippen LogP contribution in [0.3, 0.4) is 0 Å². The number of carbonyl (C=O) groups is 1. The molecule has 0 saturated carbocycles. The lowest BCUT2D eigenvalue weighted by Crippen LogP contribution is -2.20. The van der Waals surface area contributed by atoms with Crippen LogP contribution >= 0.6 is 11.8 Å². The van der Waals surface area contributed by atoms with Gasteiger partial charge in [0.2, 0.25) is 0 Å². The van der Waals surface area contributed by atoms with Crippen molar-refractivity contribution >= 4 is 27.4 Å². The van der Waals surface area contributed by atoms with E-state index < -0.39 is 21.2 Å². The van der Waals surface area contributed by atoms with E-state index in [1.165, 1.54) is 47.9 Å². The fraction of sp³-hybridized carbons (Fsp3) is 0.286. The molecule has 1 aromatic heterocycles. The number of sulfone groups is 1. The maximum atomic E-state index is 12.5. The van der Waals surface area contributed by atoms with Gasteiger partial charge in [-0.2, -0.15) is 11.8 Å². The predicted molar refractivity (Wildman–Crippen MR) is 86.2 cm³/mol. The molecule has 0 amide bonds. The van der Waals surface area contributed by atoms with E-state index in [0.717, 1.165) is 6.26 Å². The number of aromatic nitrogens is 2. The van der Waals surface area contributed by atoms with E-state index in [2.05, 4.69) is 5.10 Å². The monoisotopic (exact) mass is 340 g/mol. The largest absolute Gasteiger partial charge is 0.302 e. The van der Waals surface area contributed by atoms with Crippen molar-refractivity contribution in [2.45, 2.75) is 10.6 Å². The molecule has 1 heterocycles. The van der Waals surface area contributed by atoms with Gasteiger partial charge in [-0.25, -0.2) is 8.42 Å². The van der Waals surface area contributed by atoms with Gasteiger partial charge in [0.25, 0.3) is 5.56 Å². The zero-order valence-corrected chi connectivity index (χ0v) is 14.0. The molecule has 0 unspecified atom stereocenters. The quantitative estimate of drug-likeness (QED) is 0.827. The summed E-state index contributed by atoms with van der Waals surface area (Å²) in [5, 5.41) is 2.66. The Labute approximate surface area is 132 Å². The van der Waals surface area contributed by atoms with Gasteiger partial charge in [-0.15, -0.1) is 0 Å². The van der Waals surface area contributed by atoms with Crippen LogP contribution in [0, 0.1) is 0 Å². The smallest absolute Gasteiger partial charge is 0.277 e. The molecule has 0 radical (unpaired) electrons. The summed E-state index contributed by atoms with van der Waals surface area (Å²) < 4.78 is 24.5. The fourth-order valence-electron chi connectivity index (χ4n) is 2.07. The molecule has 0 saturated heterocycles. The Morgan fingerprint density at radius 3 is 2.50 bits per heavy atom. The minimum atomic E-state index is -3.35. The van der Waals surface area contributed by atoms with E-state index in [9.17, 15) is 18.0 Å². The van der Waals surface area contributed by atoms with Crippen molar-refractivity contribution in [1.29, 1.82) is 0 Å². The lowest BCUT2D eigenvalue weighted by molar-refractivity contribution is 0.103. The first kappa shape index (κ1) is 16.6. The van der Waals surface area contributed by atoms with Crippen molar-refractivity contribution in [1.82, 2.24) is 9.78 Å². The molecular weight excluding hydrogens is 324 g/mol. The highest BCUT2D eigenvalue weighted by Crippen LogP contribution is 2.22. The van der Waals surface area contributed by atoms with Crippen LogP contribution in [-0.2, 0) is 22.6 Å². The molecule has 22 heavy (non-hydrogen) atoms. The number of hydrogen-bond acceptors (Lipinski definition) is 5. The standard InChI is InChI=1S/C14H16N2O4S2/c1-16-14(18)12(7-15-16)13(17)11-5-4-10(22(3,19)20)6-9(11)8-21-2/h4-7,15H,8H2,1-3H3. The van der Waals surface area contributed by atoms with Gasteiger partial charge < -0.3 is 5.10 Å². The number of nitrogens with one attached hydrogen (secondary N) is 1. The zero-order chi connectivity index (χ0) is 16.5. The summed E-state index contributed by atoms with van der Waals surface area (Å²) in [6, 6.07) is 4.36. The van der Waals surface area contributed by atoms with Crippen LogP contribution in [0.15, 0.2) is 34.1 Å². The second-order valence-electron chi connectivity index (χ2n) is 4.90. The molecule has 0 aliphatic rings. The molecule has 0 aliphatic heterocycles. The number of ketones is 1. The third-order valence-corrected chi connectivity index (χ3v) is 4.94. The highest BCUT2D eigenvalue weighted by Gasteiger charge is 2.20. The Bertz CT molecular complexity index is 878. The number of H-pyrrole nitrogens is 1. The Hall–Kier alpha value is -1.80. The molecule has 0 fully saturated rings. The van der Waals surface area contributed by atoms with Gasteiger partial charge in [0.15, 0.2) is 15.6 Å². The Morgan fingerprint density at radius 2 is 2.00 bits per heavy atom. The number of benzene rings is 1. The summed E-state index contributed by atoms with van der Waals surface area (Å²) in [5.41, 5.74) is 0.575. The molecule has 1 aromatic carbocycles. The van der Waals surface area contributed by atoms with E-state index in [4.69, 9.17) is 0 Å². The summed E-state index contributed by atoms with van der Waals surface area (Å²) in [6.45, 7) is 0. The van der Waals surface area contributed by atoms with Crippen LogP contribution in [0.2, 0.25) is 0 Å². The van der Waals surface area contributed by atoms with E-state index in [-0.39, 0.29) is 10.5 Å². The van der Waals surface area contributed by atoms with Gasteiger partial charge in [0.05, 0.1) is 4.90 Å². The molecule has 0 atom stereocenters. The average molecular weight is 340 g/mol. The number of aromatic amines is 1. The highest BCUT2D eigenvalue weighted by molar-refractivity contribution is 7.97. The third kappa shape index (κ3) is 3.17. The van der Waals surface area contributed by atoms with Gasteiger partial charge in [0, 0.05) is 30.8 Å². The second kappa shape index (κ2) is 6.13. The lowest BCUT2D eigenvalue weighted by atomic mass is 10.0. The first-order valence-electron chi connectivity index (χ1n) is 6.36. The van der Waals surface area contributed by atoms with Crippen LogP contribution in [0.25, 0.3) is 0 Å². The molecule has 2 aromatic rings. The van der Waals surface area contributed by atoms with Gasteiger partial charge in [-0.3, -0.25) is 14.3 Å². The number of hydrogen-bond donors (Lipinski definition) is 1. The van der Waals surface area contributed by atoms with Gasteiger partial charge >= 0.3 is 0 Å². The molecule has 2 rings (SSSR count). The topological polar surface area (TPSA) is 89.0 Å². The number of carbonyl (C=O) groups excluding carboxylic acids is 1. The van der Waals surface area contributed by atoms with E-state index in [0.29, 0.717) is 16.9 Å². The van der Waals surface area contributed by atoms with Crippen molar-refractivity contribution in [3.63, 3.8) is 0 Å². The van der Waals surface area contributed by atoms with Crippen LogP contribution in [0.1, 0.15) is 21.5 Å². The third-order valence-electron chi connectivity index (χ3n) is 3.23. The van der Waals surface area contributed by atoms with Gasteiger partial charge in [-0.1, -0.05) is 0 Å². The summed E-state index contributed by atoms with van der Waals surface area (Å²) >= 11 is 1.47. The average Bonchev–Trinajstić information content (AvgIpc) is 2.78. The molecule has 0 bridgehead atoms. The minimum Gasteiger partial charge on any atom is -0.302 e. The summed E-state index contributed by atoms with van der Waals surface area (Å²) in [5.74, 6) is 0.0702. The summed E-state index contributed by atoms with van der Waals surface area (Å²) in [6.07, 6.45) is 4.34. The predicted octanol–water partition coefficient (Wildman–Crippen LogP) is 1.21. The summed E-state index contributed by atoms with van der Waals surface area (Å²) in [4.78, 5) is 24.6. The second-order valence-corrected chi connectivity index (χ2v) is 7.79. The van der Waals surface area contributed by atoms with E-state index >= 15 is 0 Å². The Kier molecular flexibility index (Phi) is 4.62. The molecule has 8 heteroatoms. The molecule has 6 nitrogen and oxygen atoms in total. The maximum absolute atomic E-state index is 12.5. The first-order valence-corrected chi connectivity index (χ1v) is 9.65.